The van der Waals surface area contributed by atoms with Gasteiger partial charge in [0, 0.05) is 31.6 Å². The van der Waals surface area contributed by atoms with Gasteiger partial charge < -0.3 is 15.3 Å². The number of carboxylic acids is 1. The smallest absolute Gasteiger partial charge is 0.342 e. The largest absolute Gasteiger partial charge is 0.477 e. The molecule has 3 heterocycles. The number of halogens is 1. The van der Waals surface area contributed by atoms with E-state index in [0.29, 0.717) is 37.4 Å². The lowest BCUT2D eigenvalue weighted by Crippen LogP contribution is -2.43. The Morgan fingerprint density at radius 2 is 2.08 bits per heavy atom. The van der Waals surface area contributed by atoms with Crippen LogP contribution in [0.5, 0.6) is 0 Å². The molecule has 0 atom stereocenters. The van der Waals surface area contributed by atoms with Crippen LogP contribution in [-0.2, 0) is 0 Å². The molecule has 0 aliphatic carbocycles. The van der Waals surface area contributed by atoms with Gasteiger partial charge in [-0.05, 0) is 12.1 Å². The Kier molecular flexibility index (Phi) is 3.86. The van der Waals surface area contributed by atoms with E-state index in [1.165, 1.54) is 15.8 Å². The predicted molar refractivity (Wildman–Crippen MR) is 95.8 cm³/mol. The molecule has 9 heteroatoms. The van der Waals surface area contributed by atoms with Crippen LogP contribution in [0, 0.1) is 17.1 Å². The normalized spacial score (nSPS) is 14.7. The van der Waals surface area contributed by atoms with Gasteiger partial charge in [-0.2, -0.15) is 5.26 Å². The number of aromatic carboxylic acids is 1. The minimum Gasteiger partial charge on any atom is -0.477 e. The second-order valence-corrected chi connectivity index (χ2v) is 6.80. The highest BCUT2D eigenvalue weighted by Crippen LogP contribution is 2.29. The van der Waals surface area contributed by atoms with Gasteiger partial charge in [0.05, 0.1) is 16.6 Å². The fourth-order valence-corrected chi connectivity index (χ4v) is 4.28. The number of anilines is 1. The fraction of sp³-hybridized carbons (Fsp3) is 0.235. The van der Waals surface area contributed by atoms with Crippen molar-refractivity contribution in [2.24, 2.45) is 0 Å². The quantitative estimate of drug-likeness (QED) is 0.710. The van der Waals surface area contributed by atoms with Gasteiger partial charge in [0.25, 0.3) is 0 Å². The molecule has 0 saturated carbocycles. The van der Waals surface area contributed by atoms with Crippen LogP contribution in [0.15, 0.2) is 22.3 Å². The van der Waals surface area contributed by atoms with E-state index in [2.05, 4.69) is 5.32 Å². The van der Waals surface area contributed by atoms with Crippen molar-refractivity contribution < 1.29 is 14.3 Å². The van der Waals surface area contributed by atoms with Crippen LogP contribution in [0.4, 0.5) is 10.1 Å². The molecule has 3 aromatic rings. The number of nitriles is 1. The molecule has 1 fully saturated rings. The summed E-state index contributed by atoms with van der Waals surface area (Å²) in [7, 11) is 0. The van der Waals surface area contributed by atoms with E-state index in [1.54, 1.807) is 0 Å². The van der Waals surface area contributed by atoms with E-state index < -0.39 is 22.8 Å². The highest BCUT2D eigenvalue weighted by Gasteiger charge is 2.24. The second kappa shape index (κ2) is 6.09. The van der Waals surface area contributed by atoms with Crippen LogP contribution in [-0.4, -0.2) is 41.7 Å². The zero-order valence-electron chi connectivity index (χ0n) is 13.5. The van der Waals surface area contributed by atoms with Gasteiger partial charge in [0.15, 0.2) is 0 Å². The molecule has 0 unspecified atom stereocenters. The summed E-state index contributed by atoms with van der Waals surface area (Å²) in [6, 6.07) is 4.61. The van der Waals surface area contributed by atoms with Crippen molar-refractivity contribution in [3.05, 3.63) is 44.8 Å². The number of nitrogens with zero attached hydrogens (tertiary/aromatic N) is 3. The highest BCUT2D eigenvalue weighted by molar-refractivity contribution is 7.16. The second-order valence-electron chi connectivity index (χ2n) is 5.94. The molecular weight excluding hydrogens is 359 g/mol. The molecule has 4 rings (SSSR count). The molecular formula is C17H13FN4O3S. The lowest BCUT2D eigenvalue weighted by Gasteiger charge is -2.30. The van der Waals surface area contributed by atoms with Crippen molar-refractivity contribution in [3.8, 4) is 6.07 Å². The van der Waals surface area contributed by atoms with Crippen molar-refractivity contribution in [2.45, 2.75) is 0 Å². The number of carbonyl (C=O) groups is 1. The fourth-order valence-electron chi connectivity index (χ4n) is 3.30. The van der Waals surface area contributed by atoms with Crippen molar-refractivity contribution in [1.82, 2.24) is 9.72 Å². The Hall–Kier alpha value is -2.96. The Morgan fingerprint density at radius 3 is 2.73 bits per heavy atom. The maximum absolute atomic E-state index is 14.7. The molecule has 1 aliphatic heterocycles. The summed E-state index contributed by atoms with van der Waals surface area (Å²) in [6.45, 7) is 2.66. The van der Waals surface area contributed by atoms with E-state index >= 15 is 0 Å². The standard InChI is InChI=1S/C17H13FN4O3S/c18-11-5-10-12(6-13(11)21-3-1-20-2-4-21)22-9(7-19)8-26-16(22)14(15(10)23)17(24)25/h5-6,8,20H,1-4H2,(H,24,25). The Balaban J connectivity index is 2.12. The summed E-state index contributed by atoms with van der Waals surface area (Å²) in [5.74, 6) is -1.98. The number of hydrogen-bond acceptors (Lipinski definition) is 6. The maximum Gasteiger partial charge on any atom is 0.342 e. The van der Waals surface area contributed by atoms with Crippen LogP contribution >= 0.6 is 11.3 Å². The molecule has 0 spiro atoms. The molecule has 1 aliphatic rings. The van der Waals surface area contributed by atoms with Crippen molar-refractivity contribution in [2.75, 3.05) is 31.1 Å². The lowest BCUT2D eigenvalue weighted by molar-refractivity contribution is 0.0697. The van der Waals surface area contributed by atoms with Crippen LogP contribution in [0.2, 0.25) is 0 Å². The van der Waals surface area contributed by atoms with Gasteiger partial charge in [0.2, 0.25) is 5.43 Å². The number of hydrogen-bond donors (Lipinski definition) is 2. The van der Waals surface area contributed by atoms with E-state index in [9.17, 15) is 24.3 Å². The molecule has 26 heavy (non-hydrogen) atoms. The summed E-state index contributed by atoms with van der Waals surface area (Å²) >= 11 is 1.01. The summed E-state index contributed by atoms with van der Waals surface area (Å²) in [6.07, 6.45) is 0. The van der Waals surface area contributed by atoms with Gasteiger partial charge >= 0.3 is 5.97 Å². The number of piperazine rings is 1. The number of pyridine rings is 1. The summed E-state index contributed by atoms with van der Waals surface area (Å²) in [5, 5.41) is 23.4. The molecule has 1 aromatic carbocycles. The van der Waals surface area contributed by atoms with Gasteiger partial charge in [-0.15, -0.1) is 11.3 Å². The summed E-state index contributed by atoms with van der Waals surface area (Å²) in [4.78, 5) is 26.3. The third-order valence-corrected chi connectivity index (χ3v) is 5.45. The topological polar surface area (TPSA) is 97.8 Å². The van der Waals surface area contributed by atoms with E-state index in [-0.39, 0.29) is 15.9 Å². The molecule has 132 valence electrons. The minimum atomic E-state index is -1.40. The van der Waals surface area contributed by atoms with E-state index in [4.69, 9.17) is 0 Å². The SMILES string of the molecule is N#Cc1csc2c(C(=O)O)c(=O)c3cc(F)c(N4CCNCC4)cc3n12. The first-order valence-corrected chi connectivity index (χ1v) is 8.79. The number of thiazole rings is 1. The monoisotopic (exact) mass is 372 g/mol. The van der Waals surface area contributed by atoms with Crippen LogP contribution in [0.3, 0.4) is 0 Å². The predicted octanol–water partition coefficient (Wildman–Crippen LogP) is 1.63. The van der Waals surface area contributed by atoms with Crippen molar-refractivity contribution in [1.29, 1.82) is 5.26 Å². The van der Waals surface area contributed by atoms with Crippen LogP contribution in [0.1, 0.15) is 16.1 Å². The number of nitrogens with one attached hydrogen (secondary N) is 1. The Labute approximate surface area is 150 Å². The lowest BCUT2D eigenvalue weighted by atomic mass is 10.1. The van der Waals surface area contributed by atoms with Crippen molar-refractivity contribution in [3.63, 3.8) is 0 Å². The molecule has 7 nitrogen and oxygen atoms in total. The van der Waals surface area contributed by atoms with Crippen LogP contribution in [0.25, 0.3) is 15.7 Å². The first kappa shape index (κ1) is 16.5. The van der Waals surface area contributed by atoms with E-state index in [1.807, 2.05) is 11.0 Å². The first-order chi connectivity index (χ1) is 12.5. The molecule has 0 bridgehead atoms. The number of carboxylic acid groups (broad SMARTS) is 1. The molecule has 2 aromatic heterocycles. The molecule has 1 saturated heterocycles. The Morgan fingerprint density at radius 1 is 1.35 bits per heavy atom. The zero-order valence-corrected chi connectivity index (χ0v) is 14.3. The average molecular weight is 372 g/mol. The zero-order chi connectivity index (χ0) is 18.4. The summed E-state index contributed by atoms with van der Waals surface area (Å²) in [5.41, 5.74) is -0.314. The summed E-state index contributed by atoms with van der Waals surface area (Å²) < 4.78 is 16.1. The number of fused-ring (bicyclic) bond motifs is 3. The molecule has 2 N–H and O–H groups in total. The van der Waals surface area contributed by atoms with E-state index in [0.717, 1.165) is 17.4 Å². The maximum atomic E-state index is 14.7. The van der Waals surface area contributed by atoms with Gasteiger partial charge in [-0.3, -0.25) is 9.20 Å². The van der Waals surface area contributed by atoms with Crippen molar-refractivity contribution >= 4 is 38.7 Å². The Bertz CT molecular complexity index is 1150. The highest BCUT2D eigenvalue weighted by atomic mass is 32.1. The first-order valence-electron chi connectivity index (χ1n) is 7.91. The number of aromatic nitrogens is 1. The number of benzene rings is 1. The number of rotatable bonds is 2. The van der Waals surface area contributed by atoms with Crippen LogP contribution < -0.4 is 15.6 Å². The molecule has 0 radical (unpaired) electrons. The van der Waals surface area contributed by atoms with Gasteiger partial charge in [-0.1, -0.05) is 0 Å². The minimum absolute atomic E-state index is 0.0498. The van der Waals surface area contributed by atoms with Gasteiger partial charge in [-0.25, -0.2) is 9.18 Å². The van der Waals surface area contributed by atoms with Gasteiger partial charge in [0.1, 0.15) is 28.0 Å². The average Bonchev–Trinajstić information content (AvgIpc) is 3.05. The third-order valence-electron chi connectivity index (χ3n) is 4.50. The third kappa shape index (κ3) is 2.34. The molecule has 0 amide bonds.